The van der Waals surface area contributed by atoms with Crippen LogP contribution in [-0.4, -0.2) is 13.3 Å². The van der Waals surface area contributed by atoms with Crippen molar-refractivity contribution < 1.29 is 4.84 Å². The van der Waals surface area contributed by atoms with Crippen LogP contribution in [0.15, 0.2) is 17.3 Å². The molecule has 0 bridgehead atoms. The fourth-order valence-corrected chi connectivity index (χ4v) is 0.182. The summed E-state index contributed by atoms with van der Waals surface area (Å²) in [5, 5.41) is 3.45. The maximum atomic E-state index is 4.36. The molecule has 0 heterocycles. The molecule has 0 aromatic rings. The number of rotatable bonds is 2. The number of nitrogens with zero attached hydrogens (tertiary/aromatic N) is 1. The summed E-state index contributed by atoms with van der Waals surface area (Å²) < 4.78 is 0. The maximum absolute atomic E-state index is 4.36. The molecular formula is C5H9NO. The first-order valence-corrected chi connectivity index (χ1v) is 2.09. The fourth-order valence-electron chi connectivity index (χ4n) is 0.182. The summed E-state index contributed by atoms with van der Waals surface area (Å²) in [5.41, 5.74) is 0. The van der Waals surface area contributed by atoms with E-state index in [-0.39, 0.29) is 0 Å². The van der Waals surface area contributed by atoms with E-state index >= 15 is 0 Å². The van der Waals surface area contributed by atoms with Gasteiger partial charge in [0.1, 0.15) is 7.11 Å². The number of hydrogen-bond donors (Lipinski definition) is 0. The van der Waals surface area contributed by atoms with Gasteiger partial charge in [-0.1, -0.05) is 11.2 Å². The van der Waals surface area contributed by atoms with Gasteiger partial charge in [-0.05, 0) is 13.0 Å². The molecule has 0 aromatic heterocycles. The van der Waals surface area contributed by atoms with Crippen LogP contribution in [0.2, 0.25) is 0 Å². The Bertz CT molecular complexity index is 76.1. The van der Waals surface area contributed by atoms with E-state index in [9.17, 15) is 0 Å². The molecule has 0 aliphatic rings. The monoisotopic (exact) mass is 99.1 g/mol. The van der Waals surface area contributed by atoms with E-state index in [1.807, 2.05) is 13.0 Å². The van der Waals surface area contributed by atoms with Gasteiger partial charge in [-0.3, -0.25) is 0 Å². The highest BCUT2D eigenvalue weighted by atomic mass is 16.6. The molecule has 0 aliphatic heterocycles. The summed E-state index contributed by atoms with van der Waals surface area (Å²) in [6.07, 6.45) is 5.26. The predicted molar refractivity (Wildman–Crippen MR) is 30.3 cm³/mol. The summed E-state index contributed by atoms with van der Waals surface area (Å²) in [4.78, 5) is 4.36. The molecule has 0 radical (unpaired) electrons. The lowest BCUT2D eigenvalue weighted by molar-refractivity contribution is 0.215. The molecule has 7 heavy (non-hydrogen) atoms. The van der Waals surface area contributed by atoms with Crippen LogP contribution < -0.4 is 0 Å². The van der Waals surface area contributed by atoms with Crippen molar-refractivity contribution >= 4 is 6.21 Å². The Hall–Kier alpha value is -0.790. The molecule has 40 valence electrons. The molecule has 0 rings (SSSR count). The molecule has 0 saturated carbocycles. The molecule has 0 spiro atoms. The zero-order valence-electron chi connectivity index (χ0n) is 4.59. The first-order valence-electron chi connectivity index (χ1n) is 2.09. The number of allylic oxidation sites excluding steroid dienone is 2. The predicted octanol–water partition coefficient (Wildman–Crippen LogP) is 1.19. The van der Waals surface area contributed by atoms with Gasteiger partial charge in [-0.2, -0.15) is 0 Å². The Labute approximate surface area is 43.5 Å². The number of hydrogen-bond acceptors (Lipinski definition) is 2. The largest absolute Gasteiger partial charge is 0.399 e. The third kappa shape index (κ3) is 5.21. The van der Waals surface area contributed by atoms with Gasteiger partial charge in [0.05, 0.1) is 6.21 Å². The molecule has 2 nitrogen and oxygen atoms in total. The molecule has 0 aromatic carbocycles. The smallest absolute Gasteiger partial charge is 0.106 e. The topological polar surface area (TPSA) is 21.6 Å². The van der Waals surface area contributed by atoms with Gasteiger partial charge >= 0.3 is 0 Å². The van der Waals surface area contributed by atoms with E-state index in [1.165, 1.54) is 7.11 Å². The van der Waals surface area contributed by atoms with Crippen LogP contribution in [0.25, 0.3) is 0 Å². The van der Waals surface area contributed by atoms with Crippen LogP contribution in [0.3, 0.4) is 0 Å². The highest BCUT2D eigenvalue weighted by Crippen LogP contribution is 1.65. The van der Waals surface area contributed by atoms with Crippen molar-refractivity contribution in [2.45, 2.75) is 6.92 Å². The molecule has 0 atom stereocenters. The molecule has 0 N–H and O–H groups in total. The van der Waals surface area contributed by atoms with Crippen LogP contribution in [0, 0.1) is 0 Å². The number of oxime groups is 1. The van der Waals surface area contributed by atoms with Crippen molar-refractivity contribution in [3.05, 3.63) is 12.2 Å². The van der Waals surface area contributed by atoms with E-state index in [4.69, 9.17) is 0 Å². The molecule has 0 fully saturated rings. The second kappa shape index (κ2) is 5.21. The van der Waals surface area contributed by atoms with E-state index in [1.54, 1.807) is 12.3 Å². The average Bonchev–Trinajstić information content (AvgIpc) is 1.69. The fraction of sp³-hybridized carbons (Fsp3) is 0.400. The van der Waals surface area contributed by atoms with Crippen LogP contribution in [0.4, 0.5) is 0 Å². The second-order valence-electron chi connectivity index (χ2n) is 0.963. The molecule has 0 aliphatic carbocycles. The third-order valence-electron chi connectivity index (χ3n) is 0.445. The highest BCUT2D eigenvalue weighted by molar-refractivity contribution is 5.70. The van der Waals surface area contributed by atoms with Gasteiger partial charge in [-0.25, -0.2) is 0 Å². The SMILES string of the molecule is CC=CC=NOC. The van der Waals surface area contributed by atoms with Crippen molar-refractivity contribution in [1.82, 2.24) is 0 Å². The van der Waals surface area contributed by atoms with Crippen molar-refractivity contribution in [2.75, 3.05) is 7.11 Å². The van der Waals surface area contributed by atoms with E-state index in [2.05, 4.69) is 9.99 Å². The van der Waals surface area contributed by atoms with Gasteiger partial charge < -0.3 is 4.84 Å². The van der Waals surface area contributed by atoms with Gasteiger partial charge in [-0.15, -0.1) is 0 Å². The van der Waals surface area contributed by atoms with Crippen LogP contribution in [-0.2, 0) is 4.84 Å². The summed E-state index contributed by atoms with van der Waals surface area (Å²) in [7, 11) is 1.51. The Kier molecular flexibility index (Phi) is 4.62. The normalized spacial score (nSPS) is 11.1. The zero-order chi connectivity index (χ0) is 5.54. The van der Waals surface area contributed by atoms with Crippen molar-refractivity contribution in [3.63, 3.8) is 0 Å². The minimum absolute atomic E-state index is 1.51. The quantitative estimate of drug-likeness (QED) is 0.376. The van der Waals surface area contributed by atoms with E-state index < -0.39 is 0 Å². The van der Waals surface area contributed by atoms with Crippen molar-refractivity contribution in [1.29, 1.82) is 0 Å². The van der Waals surface area contributed by atoms with E-state index in [0.29, 0.717) is 0 Å². The molecule has 0 saturated heterocycles. The Morgan fingerprint density at radius 2 is 2.29 bits per heavy atom. The standard InChI is InChI=1S/C5H9NO/c1-3-4-5-6-7-2/h3-5H,1-2H3. The zero-order valence-corrected chi connectivity index (χ0v) is 4.59. The maximum Gasteiger partial charge on any atom is 0.106 e. The van der Waals surface area contributed by atoms with Crippen LogP contribution in [0.5, 0.6) is 0 Å². The van der Waals surface area contributed by atoms with Crippen LogP contribution >= 0.6 is 0 Å². The van der Waals surface area contributed by atoms with Crippen LogP contribution in [0.1, 0.15) is 6.92 Å². The molecular weight excluding hydrogens is 90.1 g/mol. The van der Waals surface area contributed by atoms with Gasteiger partial charge in [0, 0.05) is 0 Å². The van der Waals surface area contributed by atoms with Gasteiger partial charge in [0.15, 0.2) is 0 Å². The first kappa shape index (κ1) is 6.21. The van der Waals surface area contributed by atoms with E-state index in [0.717, 1.165) is 0 Å². The average molecular weight is 99.1 g/mol. The lowest BCUT2D eigenvalue weighted by Crippen LogP contribution is -1.66. The second-order valence-corrected chi connectivity index (χ2v) is 0.963. The lowest BCUT2D eigenvalue weighted by Gasteiger charge is -1.77. The highest BCUT2D eigenvalue weighted by Gasteiger charge is 1.56. The first-order chi connectivity index (χ1) is 3.41. The summed E-state index contributed by atoms with van der Waals surface area (Å²) in [6, 6.07) is 0. The molecule has 2 heteroatoms. The minimum Gasteiger partial charge on any atom is -0.399 e. The Balaban J connectivity index is 3.09. The molecule has 0 unspecified atom stereocenters. The summed E-state index contributed by atoms with van der Waals surface area (Å²) >= 11 is 0. The summed E-state index contributed by atoms with van der Waals surface area (Å²) in [5.74, 6) is 0. The summed E-state index contributed by atoms with van der Waals surface area (Å²) in [6.45, 7) is 1.92. The minimum atomic E-state index is 1.51. The third-order valence-corrected chi connectivity index (χ3v) is 0.445. The Morgan fingerprint density at radius 3 is 2.71 bits per heavy atom. The van der Waals surface area contributed by atoms with Crippen molar-refractivity contribution in [2.24, 2.45) is 5.16 Å². The molecule has 0 amide bonds. The lowest BCUT2D eigenvalue weighted by atomic mass is 10.6. The van der Waals surface area contributed by atoms with Crippen molar-refractivity contribution in [3.8, 4) is 0 Å². The van der Waals surface area contributed by atoms with Gasteiger partial charge in [0.25, 0.3) is 0 Å². The van der Waals surface area contributed by atoms with Gasteiger partial charge in [0.2, 0.25) is 0 Å². The Morgan fingerprint density at radius 1 is 1.57 bits per heavy atom.